The van der Waals surface area contributed by atoms with Crippen molar-refractivity contribution in [2.45, 2.75) is 133 Å². The number of hydrogen-bond acceptors (Lipinski definition) is 1. The summed E-state index contributed by atoms with van der Waals surface area (Å²) in [7, 11) is 1.79. The van der Waals surface area contributed by atoms with Crippen molar-refractivity contribution in [1.82, 2.24) is 0 Å². The second-order valence-corrected chi connectivity index (χ2v) is 12.8. The molecule has 0 aromatic rings. The van der Waals surface area contributed by atoms with Crippen LogP contribution >= 0.6 is 0 Å². The van der Waals surface area contributed by atoms with Gasteiger partial charge in [-0.15, -0.1) is 0 Å². The summed E-state index contributed by atoms with van der Waals surface area (Å²) in [5, 5.41) is 0. The van der Waals surface area contributed by atoms with Gasteiger partial charge >= 0.3 is 0 Å². The number of rotatable bonds is 20. The number of ether oxygens (including phenoxy) is 1. The lowest BCUT2D eigenvalue weighted by Crippen LogP contribution is -2.21. The second kappa shape index (κ2) is 23.9. The van der Waals surface area contributed by atoms with Crippen LogP contribution in [0.4, 0.5) is 0 Å². The molecule has 0 unspecified atom stereocenters. The maximum absolute atomic E-state index is 5.51. The van der Waals surface area contributed by atoms with Crippen LogP contribution in [0.15, 0.2) is 118 Å². The first-order valence-electron chi connectivity index (χ1n) is 16.0. The van der Waals surface area contributed by atoms with E-state index in [4.69, 9.17) is 4.74 Å². The fourth-order valence-corrected chi connectivity index (χ4v) is 4.20. The molecule has 0 saturated heterocycles. The van der Waals surface area contributed by atoms with E-state index in [1.165, 1.54) is 45.4 Å². The quantitative estimate of drug-likeness (QED) is 0.104. The summed E-state index contributed by atoms with van der Waals surface area (Å²) in [6.45, 7) is 21.9. The summed E-state index contributed by atoms with van der Waals surface area (Å²) in [4.78, 5) is 0. The van der Waals surface area contributed by atoms with Gasteiger partial charge in [-0.3, -0.25) is 0 Å². The highest BCUT2D eigenvalue weighted by atomic mass is 16.5. The Morgan fingerprint density at radius 2 is 0.952 bits per heavy atom. The maximum atomic E-state index is 5.51. The van der Waals surface area contributed by atoms with Gasteiger partial charge in [-0.25, -0.2) is 0 Å². The van der Waals surface area contributed by atoms with Crippen LogP contribution in [0.2, 0.25) is 0 Å². The van der Waals surface area contributed by atoms with Crippen LogP contribution in [-0.2, 0) is 4.74 Å². The van der Waals surface area contributed by atoms with Gasteiger partial charge in [0, 0.05) is 7.11 Å². The van der Waals surface area contributed by atoms with E-state index in [0.717, 1.165) is 51.4 Å². The van der Waals surface area contributed by atoms with E-state index in [-0.39, 0.29) is 5.60 Å². The first-order chi connectivity index (χ1) is 19.8. The molecule has 0 amide bonds. The topological polar surface area (TPSA) is 9.23 Å². The monoisotopic (exact) mass is 572 g/mol. The highest BCUT2D eigenvalue weighted by Crippen LogP contribution is 2.19. The van der Waals surface area contributed by atoms with Crippen molar-refractivity contribution in [1.29, 1.82) is 0 Å². The Balaban J connectivity index is 4.48. The molecule has 0 N–H and O–H groups in total. The number of hydrogen-bond donors (Lipinski definition) is 0. The molecule has 0 aliphatic heterocycles. The van der Waals surface area contributed by atoms with Crippen molar-refractivity contribution in [2.75, 3.05) is 7.11 Å². The van der Waals surface area contributed by atoms with E-state index in [1.807, 2.05) is 0 Å². The van der Waals surface area contributed by atoms with Gasteiger partial charge in [-0.1, -0.05) is 118 Å². The second-order valence-electron chi connectivity index (χ2n) is 12.8. The summed E-state index contributed by atoms with van der Waals surface area (Å²) in [5.74, 6) is 0. The molecule has 234 valence electrons. The lowest BCUT2D eigenvalue weighted by atomic mass is 9.99. The third kappa shape index (κ3) is 25.1. The van der Waals surface area contributed by atoms with Crippen LogP contribution < -0.4 is 0 Å². The molecule has 0 aliphatic rings. The normalized spacial score (nSPS) is 15.1. The van der Waals surface area contributed by atoms with Crippen LogP contribution in [0.1, 0.15) is 127 Å². The first-order valence-corrected chi connectivity index (χ1v) is 16.0. The van der Waals surface area contributed by atoms with Crippen LogP contribution in [0.25, 0.3) is 0 Å². The SMILES string of the molecule is COC(C)(C)CCCC(C)=CC=CC(C)=CC=CC(C)=CC=CC=C(C)CCC=C(C)CCC=C(C)CCC=C(C)C. The molecule has 0 atom stereocenters. The average Bonchev–Trinajstić information content (AvgIpc) is 2.91. The molecular formula is C41H64O. The Labute approximate surface area is 262 Å². The minimum Gasteiger partial charge on any atom is -0.379 e. The van der Waals surface area contributed by atoms with Crippen LogP contribution in [0, 0.1) is 0 Å². The average molecular weight is 573 g/mol. The zero-order valence-electron chi connectivity index (χ0n) is 29.3. The smallest absolute Gasteiger partial charge is 0.0622 e. The zero-order valence-corrected chi connectivity index (χ0v) is 29.3. The van der Waals surface area contributed by atoms with E-state index >= 15 is 0 Å². The highest BCUT2D eigenvalue weighted by Gasteiger charge is 2.14. The summed E-state index contributed by atoms with van der Waals surface area (Å²) < 4.78 is 5.51. The lowest BCUT2D eigenvalue weighted by molar-refractivity contribution is 0.0140. The van der Waals surface area contributed by atoms with Crippen molar-refractivity contribution in [3.8, 4) is 0 Å². The van der Waals surface area contributed by atoms with Crippen molar-refractivity contribution in [3.05, 3.63) is 118 Å². The molecular weight excluding hydrogens is 508 g/mol. The van der Waals surface area contributed by atoms with Crippen LogP contribution in [-0.4, -0.2) is 12.7 Å². The number of methoxy groups -OCH3 is 1. The molecule has 0 bridgehead atoms. The molecule has 0 spiro atoms. The largest absolute Gasteiger partial charge is 0.379 e. The molecule has 0 aliphatic carbocycles. The standard InChI is InChI=1S/C41H64O/c1-34(2)20-14-23-37(5)26-17-29-38(6)27-15-24-35(3)21-12-13-22-36(4)25-16-28-39(7)30-18-31-40(8)32-19-33-41(9,10)42-11/h12-13,16,18,20-22,25-28,30-31H,14-15,17,19,23-24,29,32-33H2,1-11H3. The zero-order chi connectivity index (χ0) is 31.8. The third-order valence-corrected chi connectivity index (χ3v) is 7.37. The van der Waals surface area contributed by atoms with Gasteiger partial charge in [0.1, 0.15) is 0 Å². The predicted octanol–water partition coefficient (Wildman–Crippen LogP) is 13.2. The number of allylic oxidation sites excluding steroid dienone is 20. The van der Waals surface area contributed by atoms with Gasteiger partial charge in [-0.2, -0.15) is 0 Å². The molecule has 0 saturated carbocycles. The molecule has 0 radical (unpaired) electrons. The Kier molecular flexibility index (Phi) is 22.4. The van der Waals surface area contributed by atoms with Crippen LogP contribution in [0.5, 0.6) is 0 Å². The molecule has 0 aromatic heterocycles. The maximum Gasteiger partial charge on any atom is 0.0622 e. The third-order valence-electron chi connectivity index (χ3n) is 7.37. The van der Waals surface area contributed by atoms with E-state index in [2.05, 4.69) is 148 Å². The van der Waals surface area contributed by atoms with Gasteiger partial charge in [0.25, 0.3) is 0 Å². The Morgan fingerprint density at radius 3 is 1.50 bits per heavy atom. The molecule has 1 heteroatoms. The summed E-state index contributed by atoms with van der Waals surface area (Å²) >= 11 is 0. The Bertz CT molecular complexity index is 1070. The van der Waals surface area contributed by atoms with E-state index < -0.39 is 0 Å². The predicted molar refractivity (Wildman–Crippen MR) is 192 cm³/mol. The molecule has 1 nitrogen and oxygen atoms in total. The van der Waals surface area contributed by atoms with Crippen LogP contribution in [0.3, 0.4) is 0 Å². The van der Waals surface area contributed by atoms with E-state index in [1.54, 1.807) is 7.11 Å². The van der Waals surface area contributed by atoms with Gasteiger partial charge in [0.15, 0.2) is 0 Å². The minimum absolute atomic E-state index is 0.0286. The molecule has 0 rings (SSSR count). The molecule has 42 heavy (non-hydrogen) atoms. The summed E-state index contributed by atoms with van der Waals surface area (Å²) in [6.07, 6.45) is 39.0. The van der Waals surface area contributed by atoms with Crippen molar-refractivity contribution < 1.29 is 4.74 Å². The lowest BCUT2D eigenvalue weighted by Gasteiger charge is -2.22. The fourth-order valence-electron chi connectivity index (χ4n) is 4.20. The highest BCUT2D eigenvalue weighted by molar-refractivity contribution is 5.30. The summed E-state index contributed by atoms with van der Waals surface area (Å²) in [5.41, 5.74) is 9.70. The van der Waals surface area contributed by atoms with Gasteiger partial charge in [0.2, 0.25) is 0 Å². The Morgan fingerprint density at radius 1 is 0.524 bits per heavy atom. The van der Waals surface area contributed by atoms with Gasteiger partial charge in [0.05, 0.1) is 5.60 Å². The molecule has 0 fully saturated rings. The van der Waals surface area contributed by atoms with E-state index in [9.17, 15) is 0 Å². The van der Waals surface area contributed by atoms with E-state index in [0.29, 0.717) is 0 Å². The van der Waals surface area contributed by atoms with Gasteiger partial charge < -0.3 is 4.74 Å². The molecule has 0 aromatic carbocycles. The Hall–Kier alpha value is -2.64. The molecule has 0 heterocycles. The fraction of sp³-hybridized carbons (Fsp3) is 0.512. The van der Waals surface area contributed by atoms with Crippen molar-refractivity contribution >= 4 is 0 Å². The summed E-state index contributed by atoms with van der Waals surface area (Å²) in [6, 6.07) is 0. The van der Waals surface area contributed by atoms with Crippen molar-refractivity contribution in [2.24, 2.45) is 0 Å². The minimum atomic E-state index is -0.0286. The first kappa shape index (κ1) is 39.4. The van der Waals surface area contributed by atoms with Crippen molar-refractivity contribution in [3.63, 3.8) is 0 Å². The van der Waals surface area contributed by atoms with Gasteiger partial charge in [-0.05, 0) is 127 Å².